The molecular formula is C31H27N5O4. The van der Waals surface area contributed by atoms with Crippen LogP contribution in [0, 0.1) is 10.1 Å². The van der Waals surface area contributed by atoms with Crippen LogP contribution in [0.15, 0.2) is 113 Å². The zero-order chi connectivity index (χ0) is 27.9. The number of carbonyl (C=O) groups excluding carboxylic acids is 1. The first-order valence-corrected chi connectivity index (χ1v) is 12.8. The number of benzene rings is 4. The van der Waals surface area contributed by atoms with Crippen LogP contribution in [0.5, 0.6) is 5.75 Å². The minimum atomic E-state index is -0.654. The molecule has 40 heavy (non-hydrogen) atoms. The Morgan fingerprint density at radius 3 is 2.42 bits per heavy atom. The summed E-state index contributed by atoms with van der Waals surface area (Å²) in [6.07, 6.45) is 2.24. The van der Waals surface area contributed by atoms with Crippen molar-refractivity contribution >= 4 is 29.2 Å². The maximum atomic E-state index is 12.4. The predicted molar refractivity (Wildman–Crippen MR) is 155 cm³/mol. The van der Waals surface area contributed by atoms with E-state index in [0.717, 1.165) is 40.3 Å². The molecule has 9 heteroatoms. The number of hydrogen-bond donors (Lipinski definition) is 1. The van der Waals surface area contributed by atoms with Crippen LogP contribution in [0.25, 0.3) is 0 Å². The van der Waals surface area contributed by atoms with Crippen LogP contribution in [0.2, 0.25) is 0 Å². The Labute approximate surface area is 231 Å². The summed E-state index contributed by atoms with van der Waals surface area (Å²) in [5.41, 5.74) is 6.90. The molecule has 1 N–H and O–H groups in total. The molecule has 1 unspecified atom stereocenters. The Kier molecular flexibility index (Phi) is 7.92. The zero-order valence-electron chi connectivity index (χ0n) is 21.8. The number of ether oxygens (including phenoxy) is 1. The lowest BCUT2D eigenvalue weighted by atomic mass is 9.98. The molecule has 4 aromatic rings. The van der Waals surface area contributed by atoms with Crippen LogP contribution in [0.3, 0.4) is 0 Å². The van der Waals surface area contributed by atoms with Crippen molar-refractivity contribution in [3.8, 4) is 5.75 Å². The SMILES string of the molecule is CCOc1ccc(C2CC(c3ccccc3)=NN2c2ccc(/C=N/NC(=O)c3ccccc3[N+](=O)[O-])cc2)cc1. The Balaban J connectivity index is 1.34. The van der Waals surface area contributed by atoms with E-state index in [4.69, 9.17) is 9.84 Å². The van der Waals surface area contributed by atoms with Crippen molar-refractivity contribution in [1.82, 2.24) is 5.43 Å². The fraction of sp³-hybridized carbons (Fsp3) is 0.129. The van der Waals surface area contributed by atoms with Crippen LogP contribution < -0.4 is 15.2 Å². The molecule has 0 radical (unpaired) electrons. The molecule has 0 fully saturated rings. The lowest BCUT2D eigenvalue weighted by Crippen LogP contribution is -2.19. The van der Waals surface area contributed by atoms with E-state index in [-0.39, 0.29) is 17.3 Å². The molecule has 1 aliphatic rings. The fourth-order valence-electron chi connectivity index (χ4n) is 4.53. The second-order valence-corrected chi connectivity index (χ2v) is 9.04. The summed E-state index contributed by atoms with van der Waals surface area (Å²) in [4.78, 5) is 23.0. The Morgan fingerprint density at radius 2 is 1.73 bits per heavy atom. The van der Waals surface area contributed by atoms with Crippen LogP contribution in [0.1, 0.15) is 46.4 Å². The van der Waals surface area contributed by atoms with E-state index in [2.05, 4.69) is 34.8 Å². The van der Waals surface area contributed by atoms with Gasteiger partial charge < -0.3 is 4.74 Å². The van der Waals surface area contributed by atoms with Gasteiger partial charge in [0.25, 0.3) is 11.6 Å². The number of rotatable bonds is 9. The standard InChI is InChI=1S/C31H27N5O4/c1-2-40-26-18-14-24(15-19-26)30-20-28(23-8-4-3-5-9-23)34-35(30)25-16-12-22(13-17-25)21-32-33-31(37)27-10-6-7-11-29(27)36(38)39/h3-19,21,30H,2,20H2,1H3,(H,33,37)/b32-21+. The molecule has 4 aromatic carbocycles. The van der Waals surface area contributed by atoms with E-state index in [0.29, 0.717) is 6.61 Å². The molecule has 1 aliphatic heterocycles. The minimum Gasteiger partial charge on any atom is -0.494 e. The number of nitro groups is 1. The second kappa shape index (κ2) is 12.0. The van der Waals surface area contributed by atoms with Crippen molar-refractivity contribution in [1.29, 1.82) is 0 Å². The van der Waals surface area contributed by atoms with Gasteiger partial charge in [0.1, 0.15) is 11.3 Å². The monoisotopic (exact) mass is 533 g/mol. The van der Waals surface area contributed by atoms with Gasteiger partial charge in [-0.1, -0.05) is 66.7 Å². The van der Waals surface area contributed by atoms with Crippen molar-refractivity contribution < 1.29 is 14.5 Å². The van der Waals surface area contributed by atoms with Crippen LogP contribution in [0.4, 0.5) is 11.4 Å². The molecule has 1 heterocycles. The molecule has 9 nitrogen and oxygen atoms in total. The lowest BCUT2D eigenvalue weighted by molar-refractivity contribution is -0.385. The van der Waals surface area contributed by atoms with Gasteiger partial charge in [-0.15, -0.1) is 0 Å². The van der Waals surface area contributed by atoms with Crippen LogP contribution in [-0.4, -0.2) is 29.4 Å². The van der Waals surface area contributed by atoms with Crippen molar-refractivity contribution in [2.24, 2.45) is 10.2 Å². The van der Waals surface area contributed by atoms with Crippen molar-refractivity contribution in [2.45, 2.75) is 19.4 Å². The average Bonchev–Trinajstić information content (AvgIpc) is 3.44. The van der Waals surface area contributed by atoms with Crippen LogP contribution >= 0.6 is 0 Å². The number of hydrogen-bond acceptors (Lipinski definition) is 7. The van der Waals surface area contributed by atoms with Gasteiger partial charge in [-0.25, -0.2) is 5.43 Å². The number of hydrazone groups is 2. The first-order chi connectivity index (χ1) is 19.5. The smallest absolute Gasteiger partial charge is 0.282 e. The number of nitrogens with zero attached hydrogens (tertiary/aromatic N) is 4. The summed E-state index contributed by atoms with van der Waals surface area (Å²) in [7, 11) is 0. The first-order valence-electron chi connectivity index (χ1n) is 12.8. The maximum Gasteiger partial charge on any atom is 0.282 e. The van der Waals surface area contributed by atoms with E-state index >= 15 is 0 Å². The fourth-order valence-corrected chi connectivity index (χ4v) is 4.53. The summed E-state index contributed by atoms with van der Waals surface area (Å²) in [6.45, 7) is 2.58. The average molecular weight is 534 g/mol. The first kappa shape index (κ1) is 26.3. The highest BCUT2D eigenvalue weighted by Crippen LogP contribution is 2.37. The lowest BCUT2D eigenvalue weighted by Gasteiger charge is -2.24. The third kappa shape index (κ3) is 5.88. The van der Waals surface area contributed by atoms with E-state index in [1.165, 1.54) is 24.4 Å². The third-order valence-electron chi connectivity index (χ3n) is 6.48. The molecule has 200 valence electrons. The number of para-hydroxylation sites is 1. The summed E-state index contributed by atoms with van der Waals surface area (Å²) in [6, 6.07) is 31.6. The quantitative estimate of drug-likeness (QED) is 0.159. The molecule has 0 saturated carbocycles. The van der Waals surface area contributed by atoms with Gasteiger partial charge in [0, 0.05) is 12.5 Å². The summed E-state index contributed by atoms with van der Waals surface area (Å²) in [5, 5.41) is 22.2. The Hall–Kier alpha value is -5.31. The van der Waals surface area contributed by atoms with Gasteiger partial charge >= 0.3 is 0 Å². The maximum absolute atomic E-state index is 12.4. The van der Waals surface area contributed by atoms with Gasteiger partial charge in [0.15, 0.2) is 0 Å². The summed E-state index contributed by atoms with van der Waals surface area (Å²) in [5.74, 6) is 0.177. The minimum absolute atomic E-state index is 0.00588. The Bertz CT molecular complexity index is 1550. The molecule has 0 aliphatic carbocycles. The van der Waals surface area contributed by atoms with Gasteiger partial charge in [0.05, 0.1) is 35.2 Å². The molecule has 0 bridgehead atoms. The van der Waals surface area contributed by atoms with Crippen molar-refractivity contribution in [2.75, 3.05) is 11.6 Å². The zero-order valence-corrected chi connectivity index (χ0v) is 21.8. The van der Waals surface area contributed by atoms with E-state index in [9.17, 15) is 14.9 Å². The molecular weight excluding hydrogens is 506 g/mol. The predicted octanol–water partition coefficient (Wildman–Crippen LogP) is 6.11. The number of amides is 1. The Morgan fingerprint density at radius 1 is 1.02 bits per heavy atom. The van der Waals surface area contributed by atoms with Gasteiger partial charge in [0.2, 0.25) is 0 Å². The van der Waals surface area contributed by atoms with Gasteiger partial charge in [-0.05, 0) is 53.9 Å². The number of carbonyl (C=O) groups is 1. The molecule has 1 amide bonds. The highest BCUT2D eigenvalue weighted by molar-refractivity contribution is 6.03. The summed E-state index contributed by atoms with van der Waals surface area (Å²) < 4.78 is 5.62. The summed E-state index contributed by atoms with van der Waals surface area (Å²) >= 11 is 0. The topological polar surface area (TPSA) is 109 Å². The largest absolute Gasteiger partial charge is 0.494 e. The number of nitrogens with one attached hydrogen (secondary N) is 1. The molecule has 0 saturated heterocycles. The molecule has 0 spiro atoms. The second-order valence-electron chi connectivity index (χ2n) is 9.04. The highest BCUT2D eigenvalue weighted by Gasteiger charge is 2.30. The van der Waals surface area contributed by atoms with E-state index < -0.39 is 10.8 Å². The number of anilines is 1. The molecule has 1 atom stereocenters. The molecule has 0 aromatic heterocycles. The van der Waals surface area contributed by atoms with E-state index in [1.807, 2.05) is 66.5 Å². The van der Waals surface area contributed by atoms with Crippen molar-refractivity contribution in [3.63, 3.8) is 0 Å². The van der Waals surface area contributed by atoms with Crippen molar-refractivity contribution in [3.05, 3.63) is 135 Å². The molecule has 5 rings (SSSR count). The van der Waals surface area contributed by atoms with Crippen LogP contribution in [-0.2, 0) is 0 Å². The third-order valence-corrected chi connectivity index (χ3v) is 6.48. The van der Waals surface area contributed by atoms with Gasteiger partial charge in [-0.3, -0.25) is 19.9 Å². The number of nitro benzene ring substituents is 1. The highest BCUT2D eigenvalue weighted by atomic mass is 16.6. The normalized spacial score (nSPS) is 14.7. The van der Waals surface area contributed by atoms with E-state index in [1.54, 1.807) is 6.07 Å². The van der Waals surface area contributed by atoms with Gasteiger partial charge in [-0.2, -0.15) is 10.2 Å².